The standard InChI is InChI=1S/C26H27F3N2O4/c1-25(2,3)35-24(34)21-6-4-5-18-16-31(14-13-20(18)21)23(33)15-30-22(32)12-9-17-7-10-19(11-8-17)26(27,28)29/h4-12H,13-16H2,1-3H3,(H,30,32)/b12-9+. The summed E-state index contributed by atoms with van der Waals surface area (Å²) in [5.41, 5.74) is 1.23. The molecule has 35 heavy (non-hydrogen) atoms. The number of ether oxygens (including phenoxy) is 1. The molecular formula is C26H27F3N2O4. The van der Waals surface area contributed by atoms with Crippen LogP contribution in [0.4, 0.5) is 13.2 Å². The van der Waals surface area contributed by atoms with E-state index in [9.17, 15) is 27.6 Å². The number of carbonyl (C=O) groups is 3. The fraction of sp³-hybridized carbons (Fsp3) is 0.346. The average Bonchev–Trinajstić information content (AvgIpc) is 2.79. The second kappa shape index (κ2) is 10.3. The number of esters is 1. The molecule has 0 bridgehead atoms. The lowest BCUT2D eigenvalue weighted by Crippen LogP contribution is -2.42. The first-order valence-corrected chi connectivity index (χ1v) is 11.1. The Balaban J connectivity index is 1.55. The van der Waals surface area contributed by atoms with E-state index in [1.165, 1.54) is 18.2 Å². The number of alkyl halides is 3. The van der Waals surface area contributed by atoms with Crippen molar-refractivity contribution in [3.8, 4) is 0 Å². The van der Waals surface area contributed by atoms with Crippen molar-refractivity contribution in [1.29, 1.82) is 0 Å². The Morgan fingerprint density at radius 1 is 1.06 bits per heavy atom. The lowest BCUT2D eigenvalue weighted by atomic mass is 9.94. The zero-order valence-electron chi connectivity index (χ0n) is 19.7. The van der Waals surface area contributed by atoms with Gasteiger partial charge in [0.1, 0.15) is 5.60 Å². The van der Waals surface area contributed by atoms with Gasteiger partial charge in [-0.05, 0) is 68.2 Å². The van der Waals surface area contributed by atoms with Gasteiger partial charge in [-0.3, -0.25) is 9.59 Å². The number of amides is 2. The van der Waals surface area contributed by atoms with Crippen molar-refractivity contribution < 1.29 is 32.3 Å². The number of nitrogens with zero attached hydrogens (tertiary/aromatic N) is 1. The summed E-state index contributed by atoms with van der Waals surface area (Å²) in [7, 11) is 0. The molecule has 0 saturated heterocycles. The number of hydrogen-bond acceptors (Lipinski definition) is 4. The van der Waals surface area contributed by atoms with Crippen LogP contribution in [-0.2, 0) is 33.5 Å². The average molecular weight is 489 g/mol. The molecule has 2 aromatic rings. The molecule has 2 aromatic carbocycles. The molecule has 0 radical (unpaired) electrons. The number of halogens is 3. The highest BCUT2D eigenvalue weighted by Crippen LogP contribution is 2.29. The van der Waals surface area contributed by atoms with Gasteiger partial charge in [-0.1, -0.05) is 24.3 Å². The molecule has 0 atom stereocenters. The van der Waals surface area contributed by atoms with Crippen LogP contribution in [0.2, 0.25) is 0 Å². The van der Waals surface area contributed by atoms with Crippen LogP contribution in [0.15, 0.2) is 48.5 Å². The van der Waals surface area contributed by atoms with Crippen LogP contribution in [0.5, 0.6) is 0 Å². The summed E-state index contributed by atoms with van der Waals surface area (Å²) in [4.78, 5) is 38.8. The van der Waals surface area contributed by atoms with Crippen LogP contribution in [0.25, 0.3) is 6.08 Å². The van der Waals surface area contributed by atoms with Crippen LogP contribution >= 0.6 is 0 Å². The molecule has 0 fully saturated rings. The Morgan fingerprint density at radius 2 is 1.74 bits per heavy atom. The molecule has 0 aliphatic carbocycles. The monoisotopic (exact) mass is 488 g/mol. The van der Waals surface area contributed by atoms with Crippen molar-refractivity contribution in [3.05, 3.63) is 76.4 Å². The largest absolute Gasteiger partial charge is 0.456 e. The van der Waals surface area contributed by atoms with E-state index in [0.29, 0.717) is 30.6 Å². The summed E-state index contributed by atoms with van der Waals surface area (Å²) < 4.78 is 43.3. The van der Waals surface area contributed by atoms with Gasteiger partial charge in [0, 0.05) is 19.2 Å². The predicted molar refractivity (Wildman–Crippen MR) is 124 cm³/mol. The quantitative estimate of drug-likeness (QED) is 0.501. The second-order valence-corrected chi connectivity index (χ2v) is 9.18. The SMILES string of the molecule is CC(C)(C)OC(=O)c1cccc2c1CCN(C(=O)CNC(=O)/C=C/c1ccc(C(F)(F)F)cc1)C2. The molecule has 0 saturated carbocycles. The zero-order chi connectivity index (χ0) is 25.8. The first-order chi connectivity index (χ1) is 16.3. The van der Waals surface area contributed by atoms with E-state index in [0.717, 1.165) is 29.3 Å². The van der Waals surface area contributed by atoms with E-state index in [2.05, 4.69) is 5.32 Å². The van der Waals surface area contributed by atoms with Crippen LogP contribution in [-0.4, -0.2) is 41.4 Å². The molecular weight excluding hydrogens is 461 g/mol. The Labute approximate surface area is 201 Å². The van der Waals surface area contributed by atoms with E-state index in [-0.39, 0.29) is 12.5 Å². The summed E-state index contributed by atoms with van der Waals surface area (Å²) >= 11 is 0. The zero-order valence-corrected chi connectivity index (χ0v) is 19.7. The molecule has 1 heterocycles. The minimum atomic E-state index is -4.42. The highest BCUT2D eigenvalue weighted by Gasteiger charge is 2.30. The van der Waals surface area contributed by atoms with E-state index < -0.39 is 29.2 Å². The molecule has 2 amide bonds. The van der Waals surface area contributed by atoms with Crippen LogP contribution < -0.4 is 5.32 Å². The number of hydrogen-bond donors (Lipinski definition) is 1. The summed E-state index contributed by atoms with van der Waals surface area (Å²) in [6.45, 7) is 5.87. The Bertz CT molecular complexity index is 1130. The van der Waals surface area contributed by atoms with E-state index in [4.69, 9.17) is 4.74 Å². The Morgan fingerprint density at radius 3 is 2.37 bits per heavy atom. The van der Waals surface area contributed by atoms with E-state index in [1.54, 1.807) is 37.8 Å². The van der Waals surface area contributed by atoms with Gasteiger partial charge < -0.3 is 15.0 Å². The maximum Gasteiger partial charge on any atom is 0.416 e. The molecule has 1 N–H and O–H groups in total. The predicted octanol–water partition coefficient (Wildman–Crippen LogP) is 4.38. The van der Waals surface area contributed by atoms with Gasteiger partial charge in [0.2, 0.25) is 11.8 Å². The minimum Gasteiger partial charge on any atom is -0.456 e. The van der Waals surface area contributed by atoms with E-state index >= 15 is 0 Å². The number of carbonyl (C=O) groups excluding carboxylic acids is 3. The topological polar surface area (TPSA) is 75.7 Å². The smallest absolute Gasteiger partial charge is 0.416 e. The lowest BCUT2D eigenvalue weighted by Gasteiger charge is -2.30. The summed E-state index contributed by atoms with van der Waals surface area (Å²) in [6, 6.07) is 9.71. The van der Waals surface area contributed by atoms with Gasteiger partial charge in [-0.25, -0.2) is 4.79 Å². The maximum absolute atomic E-state index is 12.6. The molecule has 1 aliphatic heterocycles. The number of benzene rings is 2. The third kappa shape index (κ3) is 7.18. The van der Waals surface area contributed by atoms with Gasteiger partial charge in [0.15, 0.2) is 0 Å². The minimum absolute atomic E-state index is 0.225. The maximum atomic E-state index is 12.6. The molecule has 186 valence electrons. The number of rotatable bonds is 5. The number of nitrogens with one attached hydrogen (secondary N) is 1. The molecule has 9 heteroatoms. The van der Waals surface area contributed by atoms with Gasteiger partial charge >= 0.3 is 12.1 Å². The summed E-state index contributed by atoms with van der Waals surface area (Å²) in [5, 5.41) is 2.49. The van der Waals surface area contributed by atoms with Crippen molar-refractivity contribution in [2.75, 3.05) is 13.1 Å². The molecule has 6 nitrogen and oxygen atoms in total. The molecule has 0 aromatic heterocycles. The van der Waals surface area contributed by atoms with Gasteiger partial charge in [0.05, 0.1) is 17.7 Å². The molecule has 1 aliphatic rings. The second-order valence-electron chi connectivity index (χ2n) is 9.18. The molecule has 0 spiro atoms. The first kappa shape index (κ1) is 26.0. The van der Waals surface area contributed by atoms with Crippen molar-refractivity contribution in [1.82, 2.24) is 10.2 Å². The van der Waals surface area contributed by atoms with Crippen molar-refractivity contribution >= 4 is 23.9 Å². The van der Waals surface area contributed by atoms with Crippen molar-refractivity contribution in [3.63, 3.8) is 0 Å². The highest BCUT2D eigenvalue weighted by atomic mass is 19.4. The fourth-order valence-corrected chi connectivity index (χ4v) is 3.64. The van der Waals surface area contributed by atoms with Crippen LogP contribution in [0.1, 0.15) is 53.4 Å². The van der Waals surface area contributed by atoms with Crippen molar-refractivity contribution in [2.45, 2.75) is 45.5 Å². The Hall–Kier alpha value is -3.62. The highest BCUT2D eigenvalue weighted by molar-refractivity contribution is 5.94. The molecule has 0 unspecified atom stereocenters. The third-order valence-electron chi connectivity index (χ3n) is 5.32. The summed E-state index contributed by atoms with van der Waals surface area (Å²) in [5.74, 6) is -1.22. The van der Waals surface area contributed by atoms with Crippen molar-refractivity contribution in [2.24, 2.45) is 0 Å². The Kier molecular flexibility index (Phi) is 7.67. The summed E-state index contributed by atoms with van der Waals surface area (Å²) in [6.07, 6.45) is -1.41. The van der Waals surface area contributed by atoms with Crippen LogP contribution in [0, 0.1) is 0 Å². The first-order valence-electron chi connectivity index (χ1n) is 11.1. The lowest BCUT2D eigenvalue weighted by molar-refractivity contribution is -0.137. The van der Waals surface area contributed by atoms with E-state index in [1.807, 2.05) is 6.07 Å². The fourth-order valence-electron chi connectivity index (χ4n) is 3.64. The van der Waals surface area contributed by atoms with Gasteiger partial charge in [0.25, 0.3) is 0 Å². The molecule has 3 rings (SSSR count). The van der Waals surface area contributed by atoms with Crippen LogP contribution in [0.3, 0.4) is 0 Å². The van der Waals surface area contributed by atoms with Gasteiger partial charge in [-0.15, -0.1) is 0 Å². The normalized spacial score (nSPS) is 13.9. The third-order valence-corrected chi connectivity index (χ3v) is 5.32. The number of fused-ring (bicyclic) bond motifs is 1. The van der Waals surface area contributed by atoms with Gasteiger partial charge in [-0.2, -0.15) is 13.2 Å².